The number of aromatic nitrogens is 1. The van der Waals surface area contributed by atoms with Crippen LogP contribution in [0.1, 0.15) is 34.2 Å². The number of methoxy groups -OCH3 is 1. The van der Waals surface area contributed by atoms with Crippen LogP contribution < -0.4 is 0 Å². The van der Waals surface area contributed by atoms with Crippen LogP contribution in [-0.2, 0) is 29.0 Å². The van der Waals surface area contributed by atoms with Gasteiger partial charge in [0.25, 0.3) is 0 Å². The number of hydrogen-bond acceptors (Lipinski definition) is 4. The molecule has 2 aliphatic rings. The second-order valence-electron chi connectivity index (χ2n) is 8.56. The first-order valence-electron chi connectivity index (χ1n) is 10.9. The molecule has 0 fully saturated rings. The fourth-order valence-electron chi connectivity index (χ4n) is 5.54. The van der Waals surface area contributed by atoms with Gasteiger partial charge in [-0.3, -0.25) is 9.69 Å². The summed E-state index contributed by atoms with van der Waals surface area (Å²) in [6, 6.07) is 20.2. The van der Waals surface area contributed by atoms with E-state index in [4.69, 9.17) is 9.15 Å². The zero-order valence-corrected chi connectivity index (χ0v) is 18.0. The average Bonchev–Trinajstić information content (AvgIpc) is 3.41. The van der Waals surface area contributed by atoms with Gasteiger partial charge in [-0.15, -0.1) is 0 Å². The van der Waals surface area contributed by atoms with E-state index in [9.17, 15) is 4.79 Å². The van der Waals surface area contributed by atoms with Gasteiger partial charge in [0.15, 0.2) is 0 Å². The molecule has 0 spiro atoms. The molecule has 6 rings (SSSR count). The van der Waals surface area contributed by atoms with Crippen molar-refractivity contribution in [3.05, 3.63) is 102 Å². The molecule has 0 saturated carbocycles. The summed E-state index contributed by atoms with van der Waals surface area (Å²) in [7, 11) is 1.47. The van der Waals surface area contributed by atoms with Crippen LogP contribution in [-0.4, -0.2) is 28.6 Å². The number of carbonyl (C=O) groups is 1. The fraction of sp³-hybridized carbons (Fsp3) is 0.222. The zero-order chi connectivity index (χ0) is 21.8. The number of esters is 1. The number of ether oxygens (including phenoxy) is 1. The van der Waals surface area contributed by atoms with Crippen molar-refractivity contribution >= 4 is 22.4 Å². The Morgan fingerprint density at radius 2 is 1.94 bits per heavy atom. The van der Waals surface area contributed by atoms with Crippen molar-refractivity contribution in [2.75, 3.05) is 7.11 Å². The van der Waals surface area contributed by atoms with Crippen molar-refractivity contribution in [2.24, 2.45) is 0 Å². The minimum atomic E-state index is -0.415. The summed E-state index contributed by atoms with van der Waals surface area (Å²) < 4.78 is 13.4. The van der Waals surface area contributed by atoms with Crippen LogP contribution in [0.5, 0.6) is 0 Å². The van der Waals surface area contributed by atoms with Crippen LogP contribution in [0.15, 0.2) is 77.9 Å². The van der Waals surface area contributed by atoms with E-state index in [1.54, 1.807) is 6.26 Å². The number of nitrogens with zero attached hydrogens (tertiary/aromatic N) is 2. The highest BCUT2D eigenvalue weighted by Gasteiger charge is 2.44. The molecular weight excluding hydrogens is 400 g/mol. The number of hydrogen-bond donors (Lipinski definition) is 0. The smallest absolute Gasteiger partial charge is 0.323 e. The van der Waals surface area contributed by atoms with E-state index in [1.165, 1.54) is 34.8 Å². The standard InChI is InChI=1S/C27H24N2O3/c1-17-15-28-23-12-6-5-10-20(23)22-14-24(27(30)31-2)29(16-18-8-7-13-32-18)25(26(22)28)21-11-4-3-9-19(17)21/h3-13,24-25H,1,14-16H2,2H3/t24-,25+/m0/s1. The van der Waals surface area contributed by atoms with Crippen LogP contribution >= 0.6 is 0 Å². The monoisotopic (exact) mass is 424 g/mol. The lowest BCUT2D eigenvalue weighted by atomic mass is 9.85. The third kappa shape index (κ3) is 2.71. The van der Waals surface area contributed by atoms with E-state index < -0.39 is 6.04 Å². The van der Waals surface area contributed by atoms with Crippen molar-refractivity contribution in [3.63, 3.8) is 0 Å². The average molecular weight is 425 g/mol. The number of benzene rings is 2. The summed E-state index contributed by atoms with van der Waals surface area (Å²) in [5, 5.41) is 1.20. The molecule has 5 heteroatoms. The Morgan fingerprint density at radius 3 is 2.75 bits per heavy atom. The number of allylic oxidation sites excluding steroid dienone is 1. The Bertz CT molecular complexity index is 1350. The van der Waals surface area contributed by atoms with Gasteiger partial charge in [0.2, 0.25) is 0 Å². The van der Waals surface area contributed by atoms with Crippen LogP contribution in [0.25, 0.3) is 16.5 Å². The lowest BCUT2D eigenvalue weighted by Crippen LogP contribution is -2.48. The molecule has 0 N–H and O–H groups in total. The van der Waals surface area contributed by atoms with Crippen molar-refractivity contribution in [1.82, 2.24) is 9.47 Å². The highest BCUT2D eigenvalue weighted by molar-refractivity contribution is 5.89. The molecule has 5 nitrogen and oxygen atoms in total. The summed E-state index contributed by atoms with van der Waals surface area (Å²) in [5.74, 6) is 0.602. The molecular formula is C27H24N2O3. The molecule has 4 heterocycles. The maximum absolute atomic E-state index is 13.1. The molecule has 0 aliphatic carbocycles. The SMILES string of the molecule is C=C1Cn2c3c(c4ccccc42)C[C@@H](C(=O)OC)N(Cc2ccco2)[C@@H]3c2ccccc21. The molecule has 2 aromatic carbocycles. The second-order valence-corrected chi connectivity index (χ2v) is 8.56. The summed E-state index contributed by atoms with van der Waals surface area (Å²) in [4.78, 5) is 15.3. The lowest BCUT2D eigenvalue weighted by Gasteiger charge is -2.41. The normalized spacial score (nSPS) is 20.0. The number of rotatable bonds is 3. The van der Waals surface area contributed by atoms with Gasteiger partial charge in [0.1, 0.15) is 11.8 Å². The van der Waals surface area contributed by atoms with E-state index in [1.807, 2.05) is 12.1 Å². The van der Waals surface area contributed by atoms with E-state index in [0.29, 0.717) is 13.0 Å². The predicted molar refractivity (Wildman–Crippen MR) is 123 cm³/mol. The van der Waals surface area contributed by atoms with Crippen molar-refractivity contribution in [2.45, 2.75) is 31.6 Å². The predicted octanol–water partition coefficient (Wildman–Crippen LogP) is 4.95. The van der Waals surface area contributed by atoms with Gasteiger partial charge in [-0.1, -0.05) is 49.0 Å². The highest BCUT2D eigenvalue weighted by atomic mass is 16.5. The van der Waals surface area contributed by atoms with Gasteiger partial charge in [-0.25, -0.2) is 0 Å². The molecule has 0 amide bonds. The number of carbonyl (C=O) groups excluding carboxylic acids is 1. The summed E-state index contributed by atoms with van der Waals surface area (Å²) in [5.41, 5.74) is 7.03. The molecule has 32 heavy (non-hydrogen) atoms. The lowest BCUT2D eigenvalue weighted by molar-refractivity contribution is -0.148. The Morgan fingerprint density at radius 1 is 1.12 bits per heavy atom. The number of fused-ring (bicyclic) bond motifs is 5. The number of furan rings is 1. The minimum absolute atomic E-state index is 0.115. The first-order chi connectivity index (χ1) is 15.7. The number of para-hydroxylation sites is 1. The van der Waals surface area contributed by atoms with E-state index in [-0.39, 0.29) is 12.0 Å². The Hall–Kier alpha value is -3.57. The van der Waals surface area contributed by atoms with Gasteiger partial charge in [0.05, 0.1) is 26.0 Å². The largest absolute Gasteiger partial charge is 0.468 e. The molecule has 0 radical (unpaired) electrons. The first-order valence-corrected chi connectivity index (χ1v) is 10.9. The molecule has 0 unspecified atom stereocenters. The van der Waals surface area contributed by atoms with Gasteiger partial charge in [0, 0.05) is 29.6 Å². The fourth-order valence-corrected chi connectivity index (χ4v) is 5.54. The quantitative estimate of drug-likeness (QED) is 0.437. The molecule has 2 aliphatic heterocycles. The summed E-state index contributed by atoms with van der Waals surface area (Å²) in [6.45, 7) is 5.68. The molecule has 4 aromatic rings. The maximum Gasteiger partial charge on any atom is 0.323 e. The minimum Gasteiger partial charge on any atom is -0.468 e. The van der Waals surface area contributed by atoms with Crippen LogP contribution in [0.3, 0.4) is 0 Å². The van der Waals surface area contributed by atoms with Crippen LogP contribution in [0.2, 0.25) is 0 Å². The molecule has 2 atom stereocenters. The van der Waals surface area contributed by atoms with Gasteiger partial charge >= 0.3 is 5.97 Å². The summed E-state index contributed by atoms with van der Waals surface area (Å²) in [6.07, 6.45) is 2.28. The Kier molecular flexibility index (Phi) is 4.33. The zero-order valence-electron chi connectivity index (χ0n) is 18.0. The maximum atomic E-state index is 13.1. The molecule has 0 saturated heterocycles. The molecule has 160 valence electrons. The highest BCUT2D eigenvalue weighted by Crippen LogP contribution is 2.47. The Labute approximate surface area is 186 Å². The van der Waals surface area contributed by atoms with Crippen LogP contribution in [0.4, 0.5) is 0 Å². The molecule has 2 aromatic heterocycles. The third-order valence-corrected chi connectivity index (χ3v) is 6.89. The topological polar surface area (TPSA) is 47.6 Å². The van der Waals surface area contributed by atoms with E-state index in [0.717, 1.165) is 23.4 Å². The van der Waals surface area contributed by atoms with E-state index in [2.05, 4.69) is 64.6 Å². The molecule has 0 bridgehead atoms. The van der Waals surface area contributed by atoms with Gasteiger partial charge < -0.3 is 13.7 Å². The van der Waals surface area contributed by atoms with Crippen molar-refractivity contribution in [1.29, 1.82) is 0 Å². The summed E-state index contributed by atoms with van der Waals surface area (Å²) >= 11 is 0. The second kappa shape index (κ2) is 7.24. The van der Waals surface area contributed by atoms with Crippen LogP contribution in [0, 0.1) is 0 Å². The van der Waals surface area contributed by atoms with Crippen molar-refractivity contribution in [3.8, 4) is 0 Å². The Balaban J connectivity index is 1.67. The first kappa shape index (κ1) is 19.1. The van der Waals surface area contributed by atoms with Gasteiger partial charge in [-0.05, 0) is 40.5 Å². The third-order valence-electron chi connectivity index (χ3n) is 6.89. The van der Waals surface area contributed by atoms with E-state index >= 15 is 0 Å². The van der Waals surface area contributed by atoms with Crippen molar-refractivity contribution < 1.29 is 13.9 Å². The van der Waals surface area contributed by atoms with Gasteiger partial charge in [-0.2, -0.15) is 0 Å².